The Morgan fingerprint density at radius 3 is 2.15 bits per heavy atom. The van der Waals surface area contributed by atoms with Crippen molar-refractivity contribution in [3.8, 4) is 0 Å². The highest BCUT2D eigenvalue weighted by molar-refractivity contribution is 7.88. The highest BCUT2D eigenvalue weighted by atomic mass is 32.2. The van der Waals surface area contributed by atoms with E-state index < -0.39 is 68.6 Å². The number of nitrogens with one attached hydrogen (secondary N) is 4. The second-order valence-corrected chi connectivity index (χ2v) is 20.2. The Labute approximate surface area is 311 Å². The third-order valence-electron chi connectivity index (χ3n) is 12.4. The van der Waals surface area contributed by atoms with Crippen molar-refractivity contribution < 1.29 is 32.4 Å². The molecule has 0 spiro atoms. The molecule has 1 heterocycles. The molecule has 52 heavy (non-hydrogen) atoms. The Morgan fingerprint density at radius 2 is 1.60 bits per heavy atom. The fraction of sp³-hybridized carbons (Fsp3) is 0.816. The van der Waals surface area contributed by atoms with Crippen molar-refractivity contribution in [2.24, 2.45) is 34.0 Å². The van der Waals surface area contributed by atoms with Crippen LogP contribution in [0.4, 0.5) is 4.79 Å². The lowest BCUT2D eigenvalue weighted by molar-refractivity contribution is -0.145. The molecular weight excluding hydrogens is 685 g/mol. The van der Waals surface area contributed by atoms with Crippen molar-refractivity contribution in [3.05, 3.63) is 12.7 Å². The van der Waals surface area contributed by atoms with Crippen LogP contribution in [0.5, 0.6) is 0 Å². The Morgan fingerprint density at radius 1 is 0.962 bits per heavy atom. The molecule has 6 atom stereocenters. The van der Waals surface area contributed by atoms with Crippen LogP contribution in [0.1, 0.15) is 106 Å². The van der Waals surface area contributed by atoms with Gasteiger partial charge in [-0.15, -0.1) is 6.58 Å². The number of likely N-dealkylation sites (N-methyl/N-ethyl adjacent to an activating group) is 1. The Balaban J connectivity index is 1.64. The molecule has 5 amide bonds. The molecule has 0 aromatic rings. The molecule has 4 N–H and O–H groups in total. The normalized spacial score (nSPS) is 25.7. The first kappa shape index (κ1) is 41.8. The number of carbonyl (C=O) groups excluding carboxylic acids is 5. The van der Waals surface area contributed by atoms with E-state index in [4.69, 9.17) is 0 Å². The zero-order valence-electron chi connectivity index (χ0n) is 32.7. The van der Waals surface area contributed by atoms with E-state index in [0.29, 0.717) is 25.8 Å². The predicted molar refractivity (Wildman–Crippen MR) is 200 cm³/mol. The quantitative estimate of drug-likeness (QED) is 0.147. The average Bonchev–Trinajstić information content (AvgIpc) is 3.70. The zero-order valence-corrected chi connectivity index (χ0v) is 33.5. The second kappa shape index (κ2) is 16.2. The number of amides is 5. The largest absolute Gasteiger partial charge is 0.346 e. The number of hydrogen-bond donors (Lipinski definition) is 4. The van der Waals surface area contributed by atoms with Gasteiger partial charge >= 0.3 is 6.03 Å². The van der Waals surface area contributed by atoms with E-state index in [2.05, 4.69) is 41.7 Å². The summed E-state index contributed by atoms with van der Waals surface area (Å²) in [5.74, 6) is -2.12. The summed E-state index contributed by atoms with van der Waals surface area (Å²) >= 11 is 0. The number of carbonyl (C=O) groups is 5. The number of rotatable bonds is 15. The third-order valence-corrected chi connectivity index (χ3v) is 13.7. The van der Waals surface area contributed by atoms with Gasteiger partial charge in [-0.25, -0.2) is 17.5 Å². The highest BCUT2D eigenvalue weighted by Gasteiger charge is 2.58. The summed E-state index contributed by atoms with van der Waals surface area (Å²) in [5, 5.41) is 11.5. The van der Waals surface area contributed by atoms with E-state index in [-0.39, 0.29) is 42.2 Å². The molecule has 14 heteroatoms. The number of fused-ring (bicyclic) bond motifs is 1. The van der Waals surface area contributed by atoms with Crippen molar-refractivity contribution in [2.75, 3.05) is 32.9 Å². The summed E-state index contributed by atoms with van der Waals surface area (Å²) < 4.78 is 25.7. The molecule has 0 aromatic heterocycles. The molecule has 0 radical (unpaired) electrons. The lowest BCUT2D eigenvalue weighted by atomic mass is 9.70. The van der Waals surface area contributed by atoms with E-state index in [1.807, 2.05) is 27.7 Å². The molecular formula is C38H64N6O7S. The van der Waals surface area contributed by atoms with Crippen molar-refractivity contribution >= 4 is 39.6 Å². The fourth-order valence-corrected chi connectivity index (χ4v) is 9.00. The Bertz CT molecular complexity index is 1480. The van der Waals surface area contributed by atoms with Gasteiger partial charge in [-0.2, -0.15) is 0 Å². The Kier molecular flexibility index (Phi) is 13.0. The van der Waals surface area contributed by atoms with E-state index in [0.717, 1.165) is 51.2 Å². The van der Waals surface area contributed by atoms with Gasteiger partial charge in [0.05, 0.1) is 12.3 Å². The first-order valence-corrected chi connectivity index (χ1v) is 21.0. The topological polar surface area (TPSA) is 174 Å². The molecule has 3 aliphatic carbocycles. The zero-order chi connectivity index (χ0) is 38.8. The number of sulfonamides is 1. The molecule has 3 saturated carbocycles. The van der Waals surface area contributed by atoms with Crippen molar-refractivity contribution in [1.82, 2.24) is 30.5 Å². The summed E-state index contributed by atoms with van der Waals surface area (Å²) in [4.78, 5) is 71.1. The van der Waals surface area contributed by atoms with Gasteiger partial charge in [-0.1, -0.05) is 79.7 Å². The first-order chi connectivity index (χ1) is 24.1. The van der Waals surface area contributed by atoms with Crippen LogP contribution in [-0.4, -0.2) is 104 Å². The molecule has 1 saturated heterocycles. The maximum atomic E-state index is 15.0. The number of ketones is 1. The standard InChI is InChI=1S/C38H64N6O7S/c1-10-20-39-33(47)30(45)27(21-24-14-15-24)40-32(46)29-25-16-19-37(5,6)26(25)22-44(29)34(48)31(38(7)17-12-11-13-18-38)42-35(49)41-28(36(2,3)4)23-43(8)52(9,50)51/h10,24-29,31H,1,11-23H2,2-9H3,(H,39,47)(H,40,46)(H2,41,42,49)/t25-,26-,27?,28+,29-,31+/m0/s1. The van der Waals surface area contributed by atoms with Gasteiger partial charge in [0, 0.05) is 32.7 Å². The van der Waals surface area contributed by atoms with Crippen molar-refractivity contribution in [3.63, 3.8) is 0 Å². The van der Waals surface area contributed by atoms with Gasteiger partial charge < -0.3 is 26.2 Å². The van der Waals surface area contributed by atoms with E-state index in [1.165, 1.54) is 17.4 Å². The summed E-state index contributed by atoms with van der Waals surface area (Å²) in [6.45, 7) is 16.2. The number of hydrogen-bond acceptors (Lipinski definition) is 7. The van der Waals surface area contributed by atoms with Crippen LogP contribution in [0.3, 0.4) is 0 Å². The van der Waals surface area contributed by atoms with Gasteiger partial charge in [0.15, 0.2) is 0 Å². The Hall–Kier alpha value is -3.00. The average molecular weight is 749 g/mol. The van der Waals surface area contributed by atoms with Gasteiger partial charge in [-0.3, -0.25) is 19.2 Å². The van der Waals surface area contributed by atoms with Crippen molar-refractivity contribution in [1.29, 1.82) is 0 Å². The van der Waals surface area contributed by atoms with Crippen LogP contribution in [-0.2, 0) is 29.2 Å². The van der Waals surface area contributed by atoms with E-state index >= 15 is 4.79 Å². The van der Waals surface area contributed by atoms with E-state index in [9.17, 15) is 27.6 Å². The molecule has 1 aliphatic heterocycles. The second-order valence-electron chi connectivity index (χ2n) is 18.1. The molecule has 1 unspecified atom stereocenters. The highest BCUT2D eigenvalue weighted by Crippen LogP contribution is 2.53. The van der Waals surface area contributed by atoms with Crippen LogP contribution in [0.2, 0.25) is 0 Å². The van der Waals surface area contributed by atoms with Gasteiger partial charge in [0.1, 0.15) is 12.1 Å². The van der Waals surface area contributed by atoms with Crippen LogP contribution >= 0.6 is 0 Å². The van der Waals surface area contributed by atoms with Crippen LogP contribution < -0.4 is 21.3 Å². The third kappa shape index (κ3) is 9.95. The minimum absolute atomic E-state index is 0.0334. The SMILES string of the molecule is C=CCNC(=O)C(=O)C(CC1CC1)NC(=O)[C@@H]1[C@H]2CCC(C)(C)[C@H]2CN1C(=O)[C@@H](NC(=O)N[C@H](CN(C)S(C)(=O)=O)C(C)(C)C)C1(C)CCCCC1. The maximum Gasteiger partial charge on any atom is 0.315 e. The smallest absolute Gasteiger partial charge is 0.315 e. The van der Waals surface area contributed by atoms with Gasteiger partial charge in [0.2, 0.25) is 27.6 Å². The van der Waals surface area contributed by atoms with Gasteiger partial charge in [-0.05, 0) is 66.1 Å². The summed E-state index contributed by atoms with van der Waals surface area (Å²) in [5.41, 5.74) is -1.23. The number of likely N-dealkylation sites (tertiary alicyclic amines) is 1. The maximum absolute atomic E-state index is 15.0. The minimum Gasteiger partial charge on any atom is -0.346 e. The molecule has 0 bridgehead atoms. The first-order valence-electron chi connectivity index (χ1n) is 19.1. The minimum atomic E-state index is -3.51. The van der Waals surface area contributed by atoms with E-state index in [1.54, 1.807) is 4.90 Å². The number of Topliss-reactive ketones (excluding diaryl/α,β-unsaturated/α-hetero) is 1. The van der Waals surface area contributed by atoms with Crippen LogP contribution in [0.15, 0.2) is 12.7 Å². The molecule has 294 valence electrons. The van der Waals surface area contributed by atoms with Crippen LogP contribution in [0, 0.1) is 34.0 Å². The molecule has 13 nitrogen and oxygen atoms in total. The predicted octanol–water partition coefficient (Wildman–Crippen LogP) is 3.35. The monoisotopic (exact) mass is 748 g/mol. The molecule has 4 rings (SSSR count). The fourth-order valence-electron chi connectivity index (χ4n) is 8.58. The summed E-state index contributed by atoms with van der Waals surface area (Å²) in [6.07, 6.45) is 10.7. The molecule has 4 aliphatic rings. The summed E-state index contributed by atoms with van der Waals surface area (Å²) in [6, 6.07) is -3.97. The number of nitrogens with zero attached hydrogens (tertiary/aromatic N) is 2. The molecule has 0 aromatic carbocycles. The summed E-state index contributed by atoms with van der Waals surface area (Å²) in [7, 11) is -2.04. The van der Waals surface area contributed by atoms with Gasteiger partial charge in [0.25, 0.3) is 5.91 Å². The lowest BCUT2D eigenvalue weighted by Crippen LogP contribution is -2.63. The van der Waals surface area contributed by atoms with Crippen molar-refractivity contribution in [2.45, 2.75) is 130 Å². The molecule has 4 fully saturated rings. The number of urea groups is 1. The lowest BCUT2D eigenvalue weighted by Gasteiger charge is -2.43. The van der Waals surface area contributed by atoms with Crippen LogP contribution in [0.25, 0.3) is 0 Å².